The van der Waals surface area contributed by atoms with Gasteiger partial charge >= 0.3 is 0 Å². The van der Waals surface area contributed by atoms with Gasteiger partial charge in [-0.1, -0.05) is 115 Å². The molecule has 0 saturated heterocycles. The van der Waals surface area contributed by atoms with Gasteiger partial charge in [0.2, 0.25) is 0 Å². The van der Waals surface area contributed by atoms with Crippen molar-refractivity contribution in [3.8, 4) is 22.3 Å². The SMILES string of the molecule is c1ccc(-c2ccc(-c3cccc(N(c4cccc5oc6ccccc6c45)c4cccc5sc6ccccc6c45)c3)cc2)cc1. The molecule has 0 aliphatic carbocycles. The highest BCUT2D eigenvalue weighted by Gasteiger charge is 2.22. The molecule has 0 fully saturated rings. The van der Waals surface area contributed by atoms with Crippen LogP contribution >= 0.6 is 11.3 Å². The average molecular weight is 594 g/mol. The summed E-state index contributed by atoms with van der Waals surface area (Å²) in [6.45, 7) is 0. The molecule has 2 aromatic heterocycles. The van der Waals surface area contributed by atoms with Crippen molar-refractivity contribution in [2.75, 3.05) is 4.90 Å². The van der Waals surface area contributed by atoms with Crippen LogP contribution in [-0.4, -0.2) is 0 Å². The second-order valence-corrected chi connectivity index (χ2v) is 12.4. The van der Waals surface area contributed by atoms with E-state index in [1.54, 1.807) is 0 Å². The van der Waals surface area contributed by atoms with Gasteiger partial charge in [0.25, 0.3) is 0 Å². The van der Waals surface area contributed by atoms with Gasteiger partial charge in [0.15, 0.2) is 0 Å². The molecule has 9 rings (SSSR count). The zero-order chi connectivity index (χ0) is 29.7. The van der Waals surface area contributed by atoms with Crippen LogP contribution in [0.25, 0.3) is 64.4 Å². The Morgan fingerprint density at radius 1 is 0.400 bits per heavy atom. The molecule has 0 spiro atoms. The van der Waals surface area contributed by atoms with E-state index in [4.69, 9.17) is 4.42 Å². The van der Waals surface area contributed by atoms with Gasteiger partial charge in [-0.05, 0) is 70.8 Å². The average Bonchev–Trinajstić information content (AvgIpc) is 3.68. The largest absolute Gasteiger partial charge is 0.456 e. The number of fused-ring (bicyclic) bond motifs is 6. The second kappa shape index (κ2) is 10.5. The highest BCUT2D eigenvalue weighted by molar-refractivity contribution is 7.26. The fourth-order valence-corrected chi connectivity index (χ4v) is 7.73. The van der Waals surface area contributed by atoms with Crippen molar-refractivity contribution >= 4 is 70.5 Å². The molecule has 45 heavy (non-hydrogen) atoms. The van der Waals surface area contributed by atoms with Crippen molar-refractivity contribution in [3.63, 3.8) is 0 Å². The first-order valence-electron chi connectivity index (χ1n) is 15.2. The van der Waals surface area contributed by atoms with Crippen molar-refractivity contribution in [2.24, 2.45) is 0 Å². The maximum Gasteiger partial charge on any atom is 0.137 e. The Kier molecular flexibility index (Phi) is 6.03. The third kappa shape index (κ3) is 4.32. The summed E-state index contributed by atoms with van der Waals surface area (Å²) < 4.78 is 8.94. The summed E-state index contributed by atoms with van der Waals surface area (Å²) in [5.41, 5.74) is 9.91. The predicted octanol–water partition coefficient (Wildman–Crippen LogP) is 12.8. The summed E-state index contributed by atoms with van der Waals surface area (Å²) in [5, 5.41) is 4.76. The Labute approximate surface area is 265 Å². The monoisotopic (exact) mass is 593 g/mol. The number of nitrogens with zero attached hydrogens (tertiary/aromatic N) is 1. The van der Waals surface area contributed by atoms with E-state index in [0.29, 0.717) is 0 Å². The molecule has 7 aromatic carbocycles. The van der Waals surface area contributed by atoms with Gasteiger partial charge in [-0.3, -0.25) is 0 Å². The molecular weight excluding hydrogens is 567 g/mol. The number of rotatable bonds is 5. The molecule has 3 heteroatoms. The van der Waals surface area contributed by atoms with Crippen LogP contribution in [0, 0.1) is 0 Å². The lowest BCUT2D eigenvalue weighted by molar-refractivity contribution is 0.669. The maximum absolute atomic E-state index is 6.37. The lowest BCUT2D eigenvalue weighted by atomic mass is 9.99. The van der Waals surface area contributed by atoms with Gasteiger partial charge in [-0.25, -0.2) is 0 Å². The number of thiophene rings is 1. The van der Waals surface area contributed by atoms with Crippen molar-refractivity contribution in [1.82, 2.24) is 0 Å². The molecule has 0 atom stereocenters. The quantitative estimate of drug-likeness (QED) is 0.197. The maximum atomic E-state index is 6.37. The molecule has 0 radical (unpaired) electrons. The molecule has 0 saturated carbocycles. The third-order valence-electron chi connectivity index (χ3n) is 8.67. The van der Waals surface area contributed by atoms with E-state index in [1.165, 1.54) is 42.4 Å². The van der Waals surface area contributed by atoms with Gasteiger partial charge in [-0.15, -0.1) is 11.3 Å². The van der Waals surface area contributed by atoms with E-state index in [1.807, 2.05) is 17.4 Å². The smallest absolute Gasteiger partial charge is 0.137 e. The number of benzene rings is 7. The first-order valence-corrected chi connectivity index (χ1v) is 16.0. The normalized spacial score (nSPS) is 11.6. The van der Waals surface area contributed by atoms with E-state index in [-0.39, 0.29) is 0 Å². The minimum absolute atomic E-state index is 0.883. The van der Waals surface area contributed by atoms with E-state index in [0.717, 1.165) is 39.0 Å². The molecule has 0 aliphatic heterocycles. The second-order valence-electron chi connectivity index (χ2n) is 11.3. The lowest BCUT2D eigenvalue weighted by Crippen LogP contribution is -2.10. The summed E-state index contributed by atoms with van der Waals surface area (Å²) >= 11 is 1.85. The first-order chi connectivity index (χ1) is 22.3. The molecule has 0 aliphatic rings. The van der Waals surface area contributed by atoms with Gasteiger partial charge in [-0.2, -0.15) is 0 Å². The zero-order valence-corrected chi connectivity index (χ0v) is 25.2. The lowest BCUT2D eigenvalue weighted by Gasteiger charge is -2.27. The van der Waals surface area contributed by atoms with E-state index >= 15 is 0 Å². The van der Waals surface area contributed by atoms with Gasteiger partial charge in [0.1, 0.15) is 11.2 Å². The Balaban J connectivity index is 1.28. The molecular formula is C42H27NOS. The summed E-state index contributed by atoms with van der Waals surface area (Å²) in [4.78, 5) is 2.42. The Morgan fingerprint density at radius 2 is 0.978 bits per heavy atom. The van der Waals surface area contributed by atoms with Crippen molar-refractivity contribution in [3.05, 3.63) is 164 Å². The van der Waals surface area contributed by atoms with Gasteiger partial charge in [0.05, 0.1) is 16.8 Å². The van der Waals surface area contributed by atoms with E-state index < -0.39 is 0 Å². The van der Waals surface area contributed by atoms with Crippen molar-refractivity contribution in [1.29, 1.82) is 0 Å². The predicted molar refractivity (Wildman–Crippen MR) is 192 cm³/mol. The van der Waals surface area contributed by atoms with Crippen molar-refractivity contribution < 1.29 is 4.42 Å². The van der Waals surface area contributed by atoms with Crippen LogP contribution < -0.4 is 4.90 Å². The number of para-hydroxylation sites is 1. The van der Waals surface area contributed by atoms with Crippen LogP contribution in [0.1, 0.15) is 0 Å². The van der Waals surface area contributed by atoms with Crippen molar-refractivity contribution in [2.45, 2.75) is 0 Å². The molecule has 2 heterocycles. The number of hydrogen-bond donors (Lipinski definition) is 0. The Bertz CT molecular complexity index is 2370. The van der Waals surface area contributed by atoms with Gasteiger partial charge < -0.3 is 9.32 Å². The molecule has 0 amide bonds. The zero-order valence-electron chi connectivity index (χ0n) is 24.4. The summed E-state index contributed by atoms with van der Waals surface area (Å²) in [6, 6.07) is 58.4. The minimum atomic E-state index is 0.883. The van der Waals surface area contributed by atoms with Crippen LogP contribution in [0.3, 0.4) is 0 Å². The molecule has 9 aromatic rings. The van der Waals surface area contributed by atoms with Gasteiger partial charge in [0, 0.05) is 31.2 Å². The van der Waals surface area contributed by atoms with Crippen LogP contribution in [0.15, 0.2) is 168 Å². The summed E-state index contributed by atoms with van der Waals surface area (Å²) in [7, 11) is 0. The van der Waals surface area contributed by atoms with Crippen LogP contribution in [0.5, 0.6) is 0 Å². The molecule has 0 N–H and O–H groups in total. The molecule has 0 bridgehead atoms. The summed E-state index contributed by atoms with van der Waals surface area (Å²) in [5.74, 6) is 0. The topological polar surface area (TPSA) is 16.4 Å². The molecule has 0 unspecified atom stereocenters. The molecule has 2 nitrogen and oxygen atoms in total. The molecule has 212 valence electrons. The number of furan rings is 1. The number of anilines is 3. The first kappa shape index (κ1) is 25.8. The standard InChI is InChI=1S/C42H27NOS/c1-2-11-28(12-3-1)29-23-25-30(26-24-29)31-13-8-14-32(27-31)43(35-17-9-20-38-41(35)33-15-4-6-19-37(33)44-38)36-18-10-22-40-42(36)34-16-5-7-21-39(34)45-40/h1-27H. The highest BCUT2D eigenvalue weighted by Crippen LogP contribution is 2.48. The third-order valence-corrected chi connectivity index (χ3v) is 9.81. The number of hydrogen-bond acceptors (Lipinski definition) is 3. The fraction of sp³-hybridized carbons (Fsp3) is 0. The van der Waals surface area contributed by atoms with E-state index in [9.17, 15) is 0 Å². The van der Waals surface area contributed by atoms with Crippen LogP contribution in [-0.2, 0) is 0 Å². The summed E-state index contributed by atoms with van der Waals surface area (Å²) in [6.07, 6.45) is 0. The minimum Gasteiger partial charge on any atom is -0.456 e. The highest BCUT2D eigenvalue weighted by atomic mass is 32.1. The Morgan fingerprint density at radius 3 is 1.82 bits per heavy atom. The Hall–Kier alpha value is -5.64. The fourth-order valence-electron chi connectivity index (χ4n) is 6.60. The van der Waals surface area contributed by atoms with E-state index in [2.05, 4.69) is 163 Å². The van der Waals surface area contributed by atoms with Crippen LogP contribution in [0.2, 0.25) is 0 Å². The van der Waals surface area contributed by atoms with Crippen LogP contribution in [0.4, 0.5) is 17.1 Å².